The number of anilines is 1. The van der Waals surface area contributed by atoms with Gasteiger partial charge in [0, 0.05) is 21.6 Å². The van der Waals surface area contributed by atoms with E-state index in [1.165, 1.54) is 25.0 Å². The molecule has 0 unspecified atom stereocenters. The maximum Gasteiger partial charge on any atom is 0.241 e. The molecule has 2 saturated carbocycles. The summed E-state index contributed by atoms with van der Waals surface area (Å²) < 4.78 is 3.09. The molecule has 0 aromatic carbocycles. The quantitative estimate of drug-likeness (QED) is 0.815. The second-order valence-electron chi connectivity index (χ2n) is 7.41. The number of aliphatic hydroxyl groups is 1. The van der Waals surface area contributed by atoms with Crippen LogP contribution in [0.1, 0.15) is 69.9 Å². The SMILES string of the molecule is CCC1(Nc2ncc3c(Br)cc(C4CCC(O)CC4)n3n2)CCC1. The summed E-state index contributed by atoms with van der Waals surface area (Å²) in [6.07, 6.45) is 10.4. The lowest BCUT2D eigenvalue weighted by Gasteiger charge is -2.41. The molecule has 0 radical (unpaired) electrons. The van der Waals surface area contributed by atoms with E-state index in [4.69, 9.17) is 5.10 Å². The molecule has 2 aliphatic carbocycles. The second-order valence-corrected chi connectivity index (χ2v) is 8.27. The number of fused-ring (bicyclic) bond motifs is 1. The largest absolute Gasteiger partial charge is 0.393 e. The minimum Gasteiger partial charge on any atom is -0.393 e. The lowest BCUT2D eigenvalue weighted by atomic mass is 9.75. The Morgan fingerprint density at radius 3 is 2.71 bits per heavy atom. The third kappa shape index (κ3) is 2.84. The molecular formula is C18H25BrN4O. The van der Waals surface area contributed by atoms with E-state index in [0.717, 1.165) is 48.0 Å². The number of aliphatic hydroxyl groups excluding tert-OH is 1. The van der Waals surface area contributed by atoms with Crippen LogP contribution in [-0.2, 0) is 0 Å². The molecule has 6 heteroatoms. The number of hydrogen-bond acceptors (Lipinski definition) is 4. The van der Waals surface area contributed by atoms with Gasteiger partial charge in [-0.1, -0.05) is 6.92 Å². The predicted molar refractivity (Wildman–Crippen MR) is 98.4 cm³/mol. The van der Waals surface area contributed by atoms with Gasteiger partial charge in [0.25, 0.3) is 0 Å². The molecule has 4 rings (SSSR count). The fourth-order valence-corrected chi connectivity index (χ4v) is 4.61. The normalized spacial score (nSPS) is 26.3. The van der Waals surface area contributed by atoms with Crippen molar-refractivity contribution in [1.29, 1.82) is 0 Å². The van der Waals surface area contributed by atoms with Crippen LogP contribution in [0.5, 0.6) is 0 Å². The Morgan fingerprint density at radius 2 is 2.08 bits per heavy atom. The molecule has 0 spiro atoms. The number of hydrogen-bond donors (Lipinski definition) is 2. The van der Waals surface area contributed by atoms with E-state index in [0.29, 0.717) is 5.92 Å². The smallest absolute Gasteiger partial charge is 0.241 e. The fourth-order valence-electron chi connectivity index (χ4n) is 4.10. The first kappa shape index (κ1) is 16.3. The van der Waals surface area contributed by atoms with Crippen molar-refractivity contribution >= 4 is 27.4 Å². The van der Waals surface area contributed by atoms with Crippen LogP contribution >= 0.6 is 15.9 Å². The van der Waals surface area contributed by atoms with Crippen LogP contribution in [0.2, 0.25) is 0 Å². The summed E-state index contributed by atoms with van der Waals surface area (Å²) in [6, 6.07) is 2.18. The van der Waals surface area contributed by atoms with E-state index >= 15 is 0 Å². The Balaban J connectivity index is 1.66. The molecule has 2 fully saturated rings. The van der Waals surface area contributed by atoms with Gasteiger partial charge >= 0.3 is 0 Å². The van der Waals surface area contributed by atoms with Crippen molar-refractivity contribution in [2.45, 2.75) is 75.9 Å². The minimum atomic E-state index is -0.134. The Hall–Kier alpha value is -1.14. The van der Waals surface area contributed by atoms with Crippen molar-refractivity contribution in [2.24, 2.45) is 0 Å². The van der Waals surface area contributed by atoms with Crippen molar-refractivity contribution in [3.05, 3.63) is 22.4 Å². The highest BCUT2D eigenvalue weighted by Crippen LogP contribution is 2.38. The first-order chi connectivity index (χ1) is 11.6. The minimum absolute atomic E-state index is 0.134. The highest BCUT2D eigenvalue weighted by atomic mass is 79.9. The van der Waals surface area contributed by atoms with Crippen LogP contribution < -0.4 is 5.32 Å². The Labute approximate surface area is 151 Å². The zero-order chi connectivity index (χ0) is 16.7. The molecule has 2 heterocycles. The molecule has 2 aromatic rings. The number of rotatable bonds is 4. The van der Waals surface area contributed by atoms with Crippen LogP contribution in [0.4, 0.5) is 5.95 Å². The van der Waals surface area contributed by atoms with Gasteiger partial charge in [-0.15, -0.1) is 5.10 Å². The molecule has 24 heavy (non-hydrogen) atoms. The summed E-state index contributed by atoms with van der Waals surface area (Å²) in [7, 11) is 0. The topological polar surface area (TPSA) is 62.5 Å². The summed E-state index contributed by atoms with van der Waals surface area (Å²) in [4.78, 5) is 4.54. The number of nitrogens with zero attached hydrogens (tertiary/aromatic N) is 3. The second kappa shape index (κ2) is 6.30. The lowest BCUT2D eigenvalue weighted by molar-refractivity contribution is 0.121. The predicted octanol–water partition coefficient (Wildman–Crippen LogP) is 4.25. The van der Waals surface area contributed by atoms with Crippen molar-refractivity contribution in [2.75, 3.05) is 5.32 Å². The summed E-state index contributed by atoms with van der Waals surface area (Å²) in [5.41, 5.74) is 2.43. The van der Waals surface area contributed by atoms with E-state index in [2.05, 4.69) is 39.2 Å². The molecule has 130 valence electrons. The van der Waals surface area contributed by atoms with Gasteiger partial charge in [-0.2, -0.15) is 0 Å². The van der Waals surface area contributed by atoms with Crippen LogP contribution in [0.3, 0.4) is 0 Å². The molecule has 0 aliphatic heterocycles. The number of aromatic nitrogens is 3. The van der Waals surface area contributed by atoms with E-state index in [1.54, 1.807) is 0 Å². The molecule has 0 saturated heterocycles. The standard InChI is InChI=1S/C18H25BrN4O/c1-2-18(8-3-9-18)21-17-20-11-16-14(19)10-15(23(16)22-17)12-4-6-13(24)7-5-12/h10-13,24H,2-9H2,1H3,(H,21,22). The van der Waals surface area contributed by atoms with Crippen LogP contribution in [-0.4, -0.2) is 31.3 Å². The Morgan fingerprint density at radius 1 is 1.33 bits per heavy atom. The van der Waals surface area contributed by atoms with E-state index in [9.17, 15) is 5.11 Å². The summed E-state index contributed by atoms with van der Waals surface area (Å²) in [5.74, 6) is 1.18. The van der Waals surface area contributed by atoms with Crippen LogP contribution in [0.15, 0.2) is 16.7 Å². The first-order valence-corrected chi connectivity index (χ1v) is 9.90. The zero-order valence-corrected chi connectivity index (χ0v) is 15.7. The van der Waals surface area contributed by atoms with Gasteiger partial charge in [0.1, 0.15) is 0 Å². The molecule has 0 amide bonds. The van der Waals surface area contributed by atoms with E-state index in [-0.39, 0.29) is 11.6 Å². The van der Waals surface area contributed by atoms with Crippen molar-refractivity contribution in [3.63, 3.8) is 0 Å². The zero-order valence-electron chi connectivity index (χ0n) is 14.1. The van der Waals surface area contributed by atoms with Crippen LogP contribution in [0, 0.1) is 0 Å². The highest BCUT2D eigenvalue weighted by molar-refractivity contribution is 9.10. The van der Waals surface area contributed by atoms with Gasteiger partial charge in [0.05, 0.1) is 17.8 Å². The Kier molecular flexibility index (Phi) is 4.29. The highest BCUT2D eigenvalue weighted by Gasteiger charge is 2.35. The van der Waals surface area contributed by atoms with Crippen LogP contribution in [0.25, 0.3) is 5.52 Å². The summed E-state index contributed by atoms with van der Waals surface area (Å²) in [5, 5.41) is 18.2. The average Bonchev–Trinajstić information content (AvgIpc) is 2.88. The van der Waals surface area contributed by atoms with Gasteiger partial charge in [0.15, 0.2) is 0 Å². The average molecular weight is 393 g/mol. The molecule has 2 aromatic heterocycles. The summed E-state index contributed by atoms with van der Waals surface area (Å²) in [6.45, 7) is 2.23. The molecule has 0 bridgehead atoms. The number of nitrogens with one attached hydrogen (secondary N) is 1. The monoisotopic (exact) mass is 392 g/mol. The molecule has 5 nitrogen and oxygen atoms in total. The van der Waals surface area contributed by atoms with Gasteiger partial charge in [-0.05, 0) is 73.4 Å². The first-order valence-electron chi connectivity index (χ1n) is 9.11. The van der Waals surface area contributed by atoms with Crippen molar-refractivity contribution in [1.82, 2.24) is 14.6 Å². The lowest BCUT2D eigenvalue weighted by Crippen LogP contribution is -2.44. The van der Waals surface area contributed by atoms with Crippen molar-refractivity contribution in [3.8, 4) is 0 Å². The van der Waals surface area contributed by atoms with Crippen molar-refractivity contribution < 1.29 is 5.11 Å². The Bertz CT molecular complexity index is 726. The molecule has 0 atom stereocenters. The van der Waals surface area contributed by atoms with Gasteiger partial charge in [-0.25, -0.2) is 9.50 Å². The fraction of sp³-hybridized carbons (Fsp3) is 0.667. The van der Waals surface area contributed by atoms with Gasteiger partial charge in [0.2, 0.25) is 5.95 Å². The van der Waals surface area contributed by atoms with E-state index in [1.807, 2.05) is 10.7 Å². The molecular weight excluding hydrogens is 368 g/mol. The molecule has 2 N–H and O–H groups in total. The van der Waals surface area contributed by atoms with E-state index < -0.39 is 0 Å². The molecule has 2 aliphatic rings. The maximum atomic E-state index is 9.77. The third-order valence-electron chi connectivity index (χ3n) is 5.98. The number of halogens is 1. The maximum absolute atomic E-state index is 9.77. The summed E-state index contributed by atoms with van der Waals surface area (Å²) >= 11 is 3.65. The van der Waals surface area contributed by atoms with Gasteiger partial charge in [-0.3, -0.25) is 0 Å². The third-order valence-corrected chi connectivity index (χ3v) is 6.61. The van der Waals surface area contributed by atoms with Gasteiger partial charge < -0.3 is 10.4 Å².